The lowest BCUT2D eigenvalue weighted by atomic mass is 9.80. The first-order valence-corrected chi connectivity index (χ1v) is 7.79. The van der Waals surface area contributed by atoms with Gasteiger partial charge in [0.25, 0.3) is 0 Å². The summed E-state index contributed by atoms with van der Waals surface area (Å²) < 4.78 is 0. The lowest BCUT2D eigenvalue weighted by molar-refractivity contribution is -0.116. The molecule has 2 atom stereocenters. The summed E-state index contributed by atoms with van der Waals surface area (Å²) in [5.41, 5.74) is 11.0. The zero-order valence-corrected chi connectivity index (χ0v) is 12.4. The topological polar surface area (TPSA) is 55.1 Å². The van der Waals surface area contributed by atoms with Crippen LogP contribution in [0.3, 0.4) is 0 Å². The molecule has 0 bridgehead atoms. The van der Waals surface area contributed by atoms with Gasteiger partial charge in [-0.15, -0.1) is 0 Å². The van der Waals surface area contributed by atoms with Crippen molar-refractivity contribution in [2.24, 2.45) is 11.7 Å². The fraction of sp³-hybridized carbons (Fsp3) is 0.588. The Bertz CT molecular complexity index is 532. The third kappa shape index (κ3) is 2.24. The van der Waals surface area contributed by atoms with E-state index in [1.54, 1.807) is 0 Å². The van der Waals surface area contributed by atoms with E-state index in [2.05, 4.69) is 24.4 Å². The number of nitrogens with two attached hydrogens (primary N) is 1. The van der Waals surface area contributed by atoms with Gasteiger partial charge in [0.05, 0.1) is 5.92 Å². The number of rotatable bonds is 2. The third-order valence-electron chi connectivity index (χ3n) is 4.97. The number of benzene rings is 1. The van der Waals surface area contributed by atoms with Crippen LogP contribution in [0.4, 0.5) is 5.69 Å². The van der Waals surface area contributed by atoms with Gasteiger partial charge >= 0.3 is 0 Å². The van der Waals surface area contributed by atoms with Crippen LogP contribution in [0.1, 0.15) is 67.7 Å². The molecule has 1 heterocycles. The van der Waals surface area contributed by atoms with Crippen LogP contribution in [-0.4, -0.2) is 5.91 Å². The Hall–Kier alpha value is -1.35. The van der Waals surface area contributed by atoms with Crippen molar-refractivity contribution >= 4 is 11.6 Å². The zero-order valence-electron chi connectivity index (χ0n) is 12.4. The maximum absolute atomic E-state index is 11.9. The molecule has 0 saturated heterocycles. The molecule has 108 valence electrons. The van der Waals surface area contributed by atoms with Crippen molar-refractivity contribution in [1.29, 1.82) is 0 Å². The number of fused-ring (bicyclic) bond motifs is 1. The van der Waals surface area contributed by atoms with Gasteiger partial charge in [0.1, 0.15) is 0 Å². The quantitative estimate of drug-likeness (QED) is 0.863. The van der Waals surface area contributed by atoms with E-state index in [1.807, 2.05) is 6.92 Å². The monoisotopic (exact) mass is 272 g/mol. The Labute approximate surface area is 120 Å². The van der Waals surface area contributed by atoms with Crippen LogP contribution in [0.15, 0.2) is 12.1 Å². The second-order valence-electron chi connectivity index (χ2n) is 6.45. The molecule has 20 heavy (non-hydrogen) atoms. The number of carbonyl (C=O) groups is 1. The number of hydrogen-bond donors (Lipinski definition) is 2. The largest absolute Gasteiger partial charge is 0.325 e. The van der Waals surface area contributed by atoms with Crippen LogP contribution >= 0.6 is 0 Å². The van der Waals surface area contributed by atoms with Crippen molar-refractivity contribution in [2.75, 3.05) is 5.32 Å². The number of anilines is 1. The maximum atomic E-state index is 11.9. The van der Waals surface area contributed by atoms with Crippen molar-refractivity contribution < 1.29 is 4.79 Å². The molecule has 0 spiro atoms. The van der Waals surface area contributed by atoms with Crippen LogP contribution in [0, 0.1) is 12.8 Å². The van der Waals surface area contributed by atoms with E-state index in [0.717, 1.165) is 16.8 Å². The Morgan fingerprint density at radius 1 is 1.25 bits per heavy atom. The van der Waals surface area contributed by atoms with Crippen LogP contribution in [0.2, 0.25) is 0 Å². The predicted molar refractivity (Wildman–Crippen MR) is 81.7 cm³/mol. The van der Waals surface area contributed by atoms with Gasteiger partial charge in [-0.05, 0) is 43.7 Å². The number of nitrogens with one attached hydrogen (secondary N) is 1. The Balaban J connectivity index is 1.97. The third-order valence-corrected chi connectivity index (χ3v) is 4.97. The first-order chi connectivity index (χ1) is 9.58. The van der Waals surface area contributed by atoms with E-state index in [0.29, 0.717) is 5.92 Å². The van der Waals surface area contributed by atoms with Gasteiger partial charge in [-0.1, -0.05) is 37.0 Å². The van der Waals surface area contributed by atoms with Crippen molar-refractivity contribution in [3.05, 3.63) is 28.8 Å². The lowest BCUT2D eigenvalue weighted by Crippen LogP contribution is -2.24. The van der Waals surface area contributed by atoms with Crippen LogP contribution in [-0.2, 0) is 4.79 Å². The molecule has 2 aliphatic rings. The molecule has 1 amide bonds. The minimum Gasteiger partial charge on any atom is -0.325 e. The highest BCUT2D eigenvalue weighted by atomic mass is 16.2. The van der Waals surface area contributed by atoms with Gasteiger partial charge < -0.3 is 11.1 Å². The van der Waals surface area contributed by atoms with Crippen molar-refractivity contribution in [3.63, 3.8) is 0 Å². The summed E-state index contributed by atoms with van der Waals surface area (Å²) in [5.74, 6) is 0.604. The van der Waals surface area contributed by atoms with Gasteiger partial charge in [-0.25, -0.2) is 0 Å². The highest BCUT2D eigenvalue weighted by molar-refractivity contribution is 6.03. The predicted octanol–water partition coefficient (Wildman–Crippen LogP) is 3.63. The normalized spacial score (nSPS) is 24.4. The molecule has 0 aromatic heterocycles. The SMILES string of the molecule is Cc1cc2c(c(C(N)C3CCCCC3)c1)NC(=O)C2C. The molecule has 1 aromatic rings. The average Bonchev–Trinajstić information content (AvgIpc) is 2.74. The average molecular weight is 272 g/mol. The highest BCUT2D eigenvalue weighted by Gasteiger charge is 2.32. The van der Waals surface area contributed by atoms with Crippen LogP contribution < -0.4 is 11.1 Å². The van der Waals surface area contributed by atoms with Gasteiger partial charge in [-0.3, -0.25) is 4.79 Å². The first-order valence-electron chi connectivity index (χ1n) is 7.79. The summed E-state index contributed by atoms with van der Waals surface area (Å²) in [6.07, 6.45) is 6.34. The summed E-state index contributed by atoms with van der Waals surface area (Å²) in [6.45, 7) is 4.06. The number of carbonyl (C=O) groups excluding carboxylic acids is 1. The number of amides is 1. The highest BCUT2D eigenvalue weighted by Crippen LogP contribution is 2.42. The minimum absolute atomic E-state index is 0.0505. The van der Waals surface area contributed by atoms with E-state index < -0.39 is 0 Å². The second kappa shape index (κ2) is 5.21. The summed E-state index contributed by atoms with van der Waals surface area (Å²) in [5, 5.41) is 3.04. The fourth-order valence-corrected chi connectivity index (χ4v) is 3.71. The van der Waals surface area contributed by atoms with E-state index in [4.69, 9.17) is 5.73 Å². The molecule has 2 unspecified atom stereocenters. The van der Waals surface area contributed by atoms with Gasteiger partial charge in [0.15, 0.2) is 0 Å². The Kier molecular flexibility index (Phi) is 3.55. The van der Waals surface area contributed by atoms with E-state index >= 15 is 0 Å². The smallest absolute Gasteiger partial charge is 0.231 e. The van der Waals surface area contributed by atoms with Crippen molar-refractivity contribution in [1.82, 2.24) is 0 Å². The lowest BCUT2D eigenvalue weighted by Gasteiger charge is -2.29. The first kappa shape index (κ1) is 13.6. The minimum atomic E-state index is -0.0535. The molecule has 1 saturated carbocycles. The van der Waals surface area contributed by atoms with Crippen molar-refractivity contribution in [2.45, 2.75) is 57.9 Å². The summed E-state index contributed by atoms with van der Waals surface area (Å²) >= 11 is 0. The molecule has 1 aromatic carbocycles. The zero-order chi connectivity index (χ0) is 14.3. The molecule has 3 heteroatoms. The fourth-order valence-electron chi connectivity index (χ4n) is 3.71. The Morgan fingerprint density at radius 3 is 2.65 bits per heavy atom. The van der Waals surface area contributed by atoms with E-state index in [-0.39, 0.29) is 17.9 Å². The number of aryl methyl sites for hydroxylation is 1. The van der Waals surface area contributed by atoms with Gasteiger partial charge in [0, 0.05) is 11.7 Å². The summed E-state index contributed by atoms with van der Waals surface area (Å²) in [7, 11) is 0. The molecule has 1 aliphatic heterocycles. The number of hydrogen-bond acceptors (Lipinski definition) is 2. The second-order valence-corrected chi connectivity index (χ2v) is 6.45. The Morgan fingerprint density at radius 2 is 1.95 bits per heavy atom. The molecule has 1 fully saturated rings. The molecule has 3 rings (SSSR count). The van der Waals surface area contributed by atoms with E-state index in [9.17, 15) is 4.79 Å². The maximum Gasteiger partial charge on any atom is 0.231 e. The van der Waals surface area contributed by atoms with Crippen LogP contribution in [0.5, 0.6) is 0 Å². The van der Waals surface area contributed by atoms with Crippen LogP contribution in [0.25, 0.3) is 0 Å². The molecule has 1 aliphatic carbocycles. The molecule has 3 N–H and O–H groups in total. The molecule has 0 radical (unpaired) electrons. The van der Waals surface area contributed by atoms with E-state index in [1.165, 1.54) is 37.7 Å². The standard InChI is InChI=1S/C17H24N2O/c1-10-8-13-11(2)17(20)19-16(13)14(9-10)15(18)12-6-4-3-5-7-12/h8-9,11-12,15H,3-7,18H2,1-2H3,(H,19,20). The van der Waals surface area contributed by atoms with Gasteiger partial charge in [-0.2, -0.15) is 0 Å². The van der Waals surface area contributed by atoms with Crippen molar-refractivity contribution in [3.8, 4) is 0 Å². The molecular weight excluding hydrogens is 248 g/mol. The molecular formula is C17H24N2O. The summed E-state index contributed by atoms with van der Waals surface area (Å²) in [4.78, 5) is 11.9. The summed E-state index contributed by atoms with van der Waals surface area (Å²) in [6, 6.07) is 4.33. The van der Waals surface area contributed by atoms with Gasteiger partial charge in [0.2, 0.25) is 5.91 Å². The molecule has 3 nitrogen and oxygen atoms in total.